The van der Waals surface area contributed by atoms with Crippen LogP contribution in [0.15, 0.2) is 42.5 Å². The number of benzene rings is 2. The fourth-order valence-electron chi connectivity index (χ4n) is 3.53. The van der Waals surface area contributed by atoms with Gasteiger partial charge in [0.15, 0.2) is 0 Å². The van der Waals surface area contributed by atoms with E-state index in [2.05, 4.69) is 18.2 Å². The van der Waals surface area contributed by atoms with E-state index in [4.69, 9.17) is 18.9 Å². The summed E-state index contributed by atoms with van der Waals surface area (Å²) in [7, 11) is 3.39. The molecule has 1 aliphatic heterocycles. The minimum Gasteiger partial charge on any atom is -0.497 e. The molecule has 2 aromatic rings. The van der Waals surface area contributed by atoms with Gasteiger partial charge in [-0.25, -0.2) is 0 Å². The van der Waals surface area contributed by atoms with E-state index in [1.165, 1.54) is 17.5 Å². The fourth-order valence-corrected chi connectivity index (χ4v) is 3.53. The number of methoxy groups -OCH3 is 2. The SMILES string of the molecule is COc1cc2c(c(OC)c1)CO[C@H](CCCCCOCc1ccccc1)C2. The van der Waals surface area contributed by atoms with Crippen LogP contribution >= 0.6 is 0 Å². The minimum absolute atomic E-state index is 0.277. The minimum atomic E-state index is 0.277. The van der Waals surface area contributed by atoms with Gasteiger partial charge in [-0.2, -0.15) is 0 Å². The predicted octanol–water partition coefficient (Wildman–Crippen LogP) is 4.92. The van der Waals surface area contributed by atoms with Crippen LogP contribution in [0, 0.1) is 0 Å². The van der Waals surface area contributed by atoms with E-state index in [-0.39, 0.29) is 6.10 Å². The normalized spacial score (nSPS) is 16.0. The third-order valence-corrected chi connectivity index (χ3v) is 5.07. The lowest BCUT2D eigenvalue weighted by Gasteiger charge is -2.27. The van der Waals surface area contributed by atoms with E-state index >= 15 is 0 Å². The van der Waals surface area contributed by atoms with Crippen molar-refractivity contribution in [2.45, 2.75) is 51.4 Å². The molecule has 0 saturated heterocycles. The van der Waals surface area contributed by atoms with Crippen LogP contribution < -0.4 is 9.47 Å². The molecule has 2 aromatic carbocycles. The van der Waals surface area contributed by atoms with Gasteiger partial charge < -0.3 is 18.9 Å². The van der Waals surface area contributed by atoms with Crippen molar-refractivity contribution >= 4 is 0 Å². The second kappa shape index (κ2) is 10.3. The van der Waals surface area contributed by atoms with E-state index in [0.717, 1.165) is 49.4 Å². The Balaban J connectivity index is 1.35. The Morgan fingerprint density at radius 3 is 2.63 bits per heavy atom. The summed E-state index contributed by atoms with van der Waals surface area (Å²) in [6.45, 7) is 2.14. The highest BCUT2D eigenvalue weighted by molar-refractivity contribution is 5.47. The molecule has 146 valence electrons. The molecule has 0 fully saturated rings. The highest BCUT2D eigenvalue weighted by Gasteiger charge is 2.22. The molecule has 0 N–H and O–H groups in total. The van der Waals surface area contributed by atoms with E-state index in [9.17, 15) is 0 Å². The van der Waals surface area contributed by atoms with Crippen molar-refractivity contribution in [3.05, 3.63) is 59.2 Å². The average molecular weight is 370 g/mol. The summed E-state index contributed by atoms with van der Waals surface area (Å²) in [4.78, 5) is 0. The van der Waals surface area contributed by atoms with E-state index in [1.807, 2.05) is 24.3 Å². The van der Waals surface area contributed by atoms with Gasteiger partial charge >= 0.3 is 0 Å². The highest BCUT2D eigenvalue weighted by Crippen LogP contribution is 2.34. The van der Waals surface area contributed by atoms with Gasteiger partial charge in [0.25, 0.3) is 0 Å². The van der Waals surface area contributed by atoms with Crippen LogP contribution in [0.2, 0.25) is 0 Å². The Kier molecular flexibility index (Phi) is 7.55. The molecular weight excluding hydrogens is 340 g/mol. The van der Waals surface area contributed by atoms with Crippen LogP contribution in [-0.2, 0) is 29.1 Å². The first-order valence-electron chi connectivity index (χ1n) is 9.77. The molecule has 1 atom stereocenters. The monoisotopic (exact) mass is 370 g/mol. The van der Waals surface area contributed by atoms with Gasteiger partial charge in [0.2, 0.25) is 0 Å². The summed E-state index contributed by atoms with van der Waals surface area (Å²) in [6, 6.07) is 14.4. The fraction of sp³-hybridized carbons (Fsp3) is 0.478. The number of unbranched alkanes of at least 4 members (excludes halogenated alkanes) is 2. The van der Waals surface area contributed by atoms with Gasteiger partial charge in [0, 0.05) is 18.2 Å². The van der Waals surface area contributed by atoms with Gasteiger partial charge in [-0.15, -0.1) is 0 Å². The molecule has 0 saturated carbocycles. The van der Waals surface area contributed by atoms with Crippen LogP contribution in [0.3, 0.4) is 0 Å². The van der Waals surface area contributed by atoms with Crippen molar-refractivity contribution in [3.8, 4) is 11.5 Å². The molecular formula is C23H30O4. The summed E-state index contributed by atoms with van der Waals surface area (Å²) in [6.07, 6.45) is 5.71. The lowest BCUT2D eigenvalue weighted by Crippen LogP contribution is -2.23. The molecule has 0 aliphatic carbocycles. The lowest BCUT2D eigenvalue weighted by molar-refractivity contribution is 0.0198. The van der Waals surface area contributed by atoms with Gasteiger partial charge in [-0.05, 0) is 36.5 Å². The quantitative estimate of drug-likeness (QED) is 0.556. The van der Waals surface area contributed by atoms with Crippen molar-refractivity contribution in [2.24, 2.45) is 0 Å². The topological polar surface area (TPSA) is 36.9 Å². The van der Waals surface area contributed by atoms with E-state index in [1.54, 1.807) is 14.2 Å². The van der Waals surface area contributed by atoms with Crippen LogP contribution in [-0.4, -0.2) is 26.9 Å². The molecule has 1 heterocycles. The van der Waals surface area contributed by atoms with Gasteiger partial charge in [0.05, 0.1) is 33.5 Å². The Morgan fingerprint density at radius 1 is 1.00 bits per heavy atom. The summed E-state index contributed by atoms with van der Waals surface area (Å²) in [5.74, 6) is 1.71. The average Bonchev–Trinajstić information content (AvgIpc) is 2.72. The Hall–Kier alpha value is -2.04. The van der Waals surface area contributed by atoms with Crippen LogP contribution in [0.5, 0.6) is 11.5 Å². The molecule has 0 amide bonds. The molecule has 0 radical (unpaired) electrons. The number of rotatable bonds is 10. The molecule has 3 rings (SSSR count). The summed E-state index contributed by atoms with van der Waals surface area (Å²) in [5.41, 5.74) is 3.68. The van der Waals surface area contributed by atoms with Gasteiger partial charge in [-0.3, -0.25) is 0 Å². The zero-order valence-corrected chi connectivity index (χ0v) is 16.4. The summed E-state index contributed by atoms with van der Waals surface area (Å²) < 4.78 is 22.7. The Bertz CT molecular complexity index is 699. The zero-order chi connectivity index (χ0) is 18.9. The first-order valence-corrected chi connectivity index (χ1v) is 9.77. The third-order valence-electron chi connectivity index (χ3n) is 5.07. The molecule has 0 spiro atoms. The standard InChI is InChI=1S/C23H30O4/c1-24-21-14-19-13-20(27-17-22(19)23(15-21)25-2)11-7-4-8-12-26-16-18-9-5-3-6-10-18/h3,5-6,9-10,14-15,20H,4,7-8,11-13,16-17H2,1-2H3/t20-/m1/s1. The highest BCUT2D eigenvalue weighted by atomic mass is 16.5. The van der Waals surface area contributed by atoms with Crippen molar-refractivity contribution < 1.29 is 18.9 Å². The van der Waals surface area contributed by atoms with Crippen LogP contribution in [0.25, 0.3) is 0 Å². The van der Waals surface area contributed by atoms with E-state index in [0.29, 0.717) is 13.2 Å². The molecule has 4 heteroatoms. The third kappa shape index (κ3) is 5.72. The van der Waals surface area contributed by atoms with Gasteiger partial charge in [-0.1, -0.05) is 43.2 Å². The lowest BCUT2D eigenvalue weighted by atomic mass is 9.95. The Morgan fingerprint density at radius 2 is 1.85 bits per heavy atom. The Labute approximate surface area is 162 Å². The molecule has 27 heavy (non-hydrogen) atoms. The largest absolute Gasteiger partial charge is 0.497 e. The number of fused-ring (bicyclic) bond motifs is 1. The maximum absolute atomic E-state index is 6.05. The number of ether oxygens (including phenoxy) is 4. The maximum Gasteiger partial charge on any atom is 0.128 e. The zero-order valence-electron chi connectivity index (χ0n) is 16.4. The predicted molar refractivity (Wildman–Crippen MR) is 106 cm³/mol. The second-order valence-electron chi connectivity index (χ2n) is 6.99. The molecule has 0 bridgehead atoms. The molecule has 1 aliphatic rings. The smallest absolute Gasteiger partial charge is 0.128 e. The van der Waals surface area contributed by atoms with Crippen molar-refractivity contribution in [1.82, 2.24) is 0 Å². The van der Waals surface area contributed by atoms with Crippen LogP contribution in [0.1, 0.15) is 42.4 Å². The molecule has 0 aromatic heterocycles. The van der Waals surface area contributed by atoms with E-state index < -0.39 is 0 Å². The summed E-state index contributed by atoms with van der Waals surface area (Å²) in [5, 5.41) is 0. The second-order valence-corrected chi connectivity index (χ2v) is 6.99. The van der Waals surface area contributed by atoms with Crippen molar-refractivity contribution in [2.75, 3.05) is 20.8 Å². The first-order chi connectivity index (χ1) is 13.3. The summed E-state index contributed by atoms with van der Waals surface area (Å²) >= 11 is 0. The van der Waals surface area contributed by atoms with Gasteiger partial charge in [0.1, 0.15) is 11.5 Å². The van der Waals surface area contributed by atoms with Crippen LogP contribution in [0.4, 0.5) is 0 Å². The number of hydrogen-bond donors (Lipinski definition) is 0. The maximum atomic E-state index is 6.05. The first kappa shape index (κ1) is 19.7. The number of hydrogen-bond acceptors (Lipinski definition) is 4. The molecule has 4 nitrogen and oxygen atoms in total. The van der Waals surface area contributed by atoms with Crippen molar-refractivity contribution in [3.63, 3.8) is 0 Å². The molecule has 0 unspecified atom stereocenters. The van der Waals surface area contributed by atoms with Crippen molar-refractivity contribution in [1.29, 1.82) is 0 Å².